The Morgan fingerprint density at radius 1 is 1.19 bits per heavy atom. The largest absolute Gasteiger partial charge is 0.393 e. The first-order chi connectivity index (χ1) is 12.2. The molecule has 0 saturated carbocycles. The van der Waals surface area contributed by atoms with Crippen LogP contribution in [0.4, 0.5) is 30.4 Å². The Balaban J connectivity index is 2.06. The summed E-state index contributed by atoms with van der Waals surface area (Å²) < 4.78 is 38.6. The molecular weight excluding hydrogens is 353 g/mol. The number of halogens is 3. The van der Waals surface area contributed by atoms with E-state index in [0.29, 0.717) is 0 Å². The van der Waals surface area contributed by atoms with Gasteiger partial charge in [0.25, 0.3) is 0 Å². The van der Waals surface area contributed by atoms with Crippen LogP contribution in [-0.2, 0) is 6.42 Å². The van der Waals surface area contributed by atoms with Crippen molar-refractivity contribution in [1.82, 2.24) is 9.38 Å². The topological polar surface area (TPSA) is 89.5 Å². The number of rotatable bonds is 4. The Labute approximate surface area is 143 Å². The number of benzene rings is 1. The summed E-state index contributed by atoms with van der Waals surface area (Å²) in [4.78, 5) is 26.8. The molecule has 2 heterocycles. The lowest BCUT2D eigenvalue weighted by Gasteiger charge is -2.10. The van der Waals surface area contributed by atoms with Crippen LogP contribution in [-0.4, -0.2) is 20.5 Å². The molecule has 2 aromatic heterocycles. The highest BCUT2D eigenvalue weighted by atomic mass is 19.4. The van der Waals surface area contributed by atoms with Gasteiger partial charge in [-0.1, -0.05) is 18.2 Å². The Kier molecular flexibility index (Phi) is 4.33. The van der Waals surface area contributed by atoms with E-state index in [2.05, 4.69) is 10.3 Å². The van der Waals surface area contributed by atoms with Crippen molar-refractivity contribution in [3.05, 3.63) is 74.7 Å². The molecule has 0 fully saturated rings. The predicted molar refractivity (Wildman–Crippen MR) is 87.6 cm³/mol. The van der Waals surface area contributed by atoms with Gasteiger partial charge in [-0.25, -0.2) is 4.98 Å². The van der Waals surface area contributed by atoms with Gasteiger partial charge in [-0.05, 0) is 29.8 Å². The third-order valence-electron chi connectivity index (χ3n) is 3.49. The minimum Gasteiger partial charge on any atom is -0.334 e. The second-order valence-corrected chi connectivity index (χ2v) is 5.42. The van der Waals surface area contributed by atoms with Gasteiger partial charge in [0.05, 0.1) is 11.3 Å². The number of fused-ring (bicyclic) bond motifs is 1. The van der Waals surface area contributed by atoms with Gasteiger partial charge in [0.15, 0.2) is 0 Å². The lowest BCUT2D eigenvalue weighted by atomic mass is 10.1. The number of hydrogen-bond acceptors (Lipinski definition) is 5. The molecule has 0 amide bonds. The Morgan fingerprint density at radius 2 is 1.96 bits per heavy atom. The summed E-state index contributed by atoms with van der Waals surface area (Å²) in [7, 11) is 0. The van der Waals surface area contributed by atoms with Gasteiger partial charge < -0.3 is 5.32 Å². The molecule has 0 atom stereocenters. The first-order valence-corrected chi connectivity index (χ1v) is 7.33. The number of aromatic nitrogens is 2. The minimum absolute atomic E-state index is 0.0253. The molecule has 134 valence electrons. The van der Waals surface area contributed by atoms with Crippen LogP contribution in [0.1, 0.15) is 5.56 Å². The maximum atomic E-state index is 12.5. The molecule has 3 aromatic rings. The third-order valence-corrected chi connectivity index (χ3v) is 3.49. The molecule has 0 saturated heterocycles. The normalized spacial score (nSPS) is 11.5. The number of nitrogens with zero attached hydrogens (tertiary/aromatic N) is 3. The zero-order valence-electron chi connectivity index (χ0n) is 13.0. The van der Waals surface area contributed by atoms with E-state index in [9.17, 15) is 28.1 Å². The van der Waals surface area contributed by atoms with Crippen LogP contribution < -0.4 is 10.9 Å². The van der Waals surface area contributed by atoms with E-state index < -0.39 is 28.8 Å². The average molecular weight is 364 g/mol. The van der Waals surface area contributed by atoms with Crippen molar-refractivity contribution in [2.75, 3.05) is 5.32 Å². The van der Waals surface area contributed by atoms with E-state index in [1.807, 2.05) is 0 Å². The predicted octanol–water partition coefficient (Wildman–Crippen LogP) is 3.45. The highest BCUT2D eigenvalue weighted by Gasteiger charge is 2.28. The monoisotopic (exact) mass is 364 g/mol. The summed E-state index contributed by atoms with van der Waals surface area (Å²) >= 11 is 0. The molecule has 1 N–H and O–H groups in total. The molecule has 0 aliphatic carbocycles. The quantitative estimate of drug-likeness (QED) is 0.566. The molecule has 0 aliphatic heterocycles. The Morgan fingerprint density at radius 3 is 2.65 bits per heavy atom. The molecule has 0 aliphatic rings. The fourth-order valence-electron chi connectivity index (χ4n) is 2.46. The number of hydrogen-bond donors (Lipinski definition) is 1. The number of nitrogens with one attached hydrogen (secondary N) is 1. The lowest BCUT2D eigenvalue weighted by molar-refractivity contribution is -0.385. The molecule has 0 spiro atoms. The zero-order chi connectivity index (χ0) is 18.9. The Hall–Kier alpha value is -3.43. The SMILES string of the molecule is O=c1c([N+](=O)[O-])c(Nc2cccc(CC(F)(F)F)c2)nc2ccccn12. The molecule has 0 radical (unpaired) electrons. The van der Waals surface area contributed by atoms with Crippen molar-refractivity contribution in [3.8, 4) is 0 Å². The van der Waals surface area contributed by atoms with Crippen LogP contribution in [0, 0.1) is 10.1 Å². The second kappa shape index (κ2) is 6.47. The first-order valence-electron chi connectivity index (χ1n) is 7.33. The van der Waals surface area contributed by atoms with Crippen molar-refractivity contribution in [2.45, 2.75) is 12.6 Å². The average Bonchev–Trinajstić information content (AvgIpc) is 2.53. The van der Waals surface area contributed by atoms with Gasteiger partial charge in [0.1, 0.15) is 5.65 Å². The van der Waals surface area contributed by atoms with Gasteiger partial charge in [-0.2, -0.15) is 13.2 Å². The third kappa shape index (κ3) is 3.63. The van der Waals surface area contributed by atoms with Crippen molar-refractivity contribution < 1.29 is 18.1 Å². The van der Waals surface area contributed by atoms with Gasteiger partial charge in [-0.15, -0.1) is 0 Å². The van der Waals surface area contributed by atoms with Gasteiger partial charge in [0.2, 0.25) is 5.82 Å². The van der Waals surface area contributed by atoms with Crippen LogP contribution in [0.3, 0.4) is 0 Å². The molecular formula is C16H11F3N4O3. The van der Waals surface area contributed by atoms with Crippen molar-refractivity contribution in [3.63, 3.8) is 0 Å². The molecule has 0 unspecified atom stereocenters. The fraction of sp³-hybridized carbons (Fsp3) is 0.125. The maximum Gasteiger partial charge on any atom is 0.393 e. The summed E-state index contributed by atoms with van der Waals surface area (Å²) in [6.07, 6.45) is -4.19. The highest BCUT2D eigenvalue weighted by Crippen LogP contribution is 2.26. The van der Waals surface area contributed by atoms with Crippen LogP contribution >= 0.6 is 0 Å². The van der Waals surface area contributed by atoms with E-state index in [-0.39, 0.29) is 22.7 Å². The van der Waals surface area contributed by atoms with E-state index in [0.717, 1.165) is 4.40 Å². The van der Waals surface area contributed by atoms with Crippen LogP contribution in [0.15, 0.2) is 53.5 Å². The lowest BCUT2D eigenvalue weighted by Crippen LogP contribution is -2.20. The molecule has 10 heteroatoms. The summed E-state index contributed by atoms with van der Waals surface area (Å²) in [6, 6.07) is 9.90. The number of pyridine rings is 1. The molecule has 7 nitrogen and oxygen atoms in total. The smallest absolute Gasteiger partial charge is 0.334 e. The van der Waals surface area contributed by atoms with Gasteiger partial charge in [-0.3, -0.25) is 19.3 Å². The van der Waals surface area contributed by atoms with Crippen molar-refractivity contribution in [1.29, 1.82) is 0 Å². The molecule has 0 bridgehead atoms. The minimum atomic E-state index is -4.38. The summed E-state index contributed by atoms with van der Waals surface area (Å²) in [5.41, 5.74) is -1.40. The van der Waals surface area contributed by atoms with Crippen molar-refractivity contribution >= 4 is 22.8 Å². The van der Waals surface area contributed by atoms with Crippen LogP contribution in [0.25, 0.3) is 5.65 Å². The molecule has 1 aromatic carbocycles. The molecule has 26 heavy (non-hydrogen) atoms. The maximum absolute atomic E-state index is 12.5. The van der Waals surface area contributed by atoms with E-state index >= 15 is 0 Å². The number of alkyl halides is 3. The van der Waals surface area contributed by atoms with E-state index in [4.69, 9.17) is 0 Å². The number of anilines is 2. The van der Waals surface area contributed by atoms with Crippen LogP contribution in [0.2, 0.25) is 0 Å². The Bertz CT molecular complexity index is 1050. The zero-order valence-corrected chi connectivity index (χ0v) is 13.0. The summed E-state index contributed by atoms with van der Waals surface area (Å²) in [6.45, 7) is 0. The van der Waals surface area contributed by atoms with E-state index in [1.165, 1.54) is 42.6 Å². The van der Waals surface area contributed by atoms with Crippen LogP contribution in [0.5, 0.6) is 0 Å². The second-order valence-electron chi connectivity index (χ2n) is 5.42. The number of nitro groups is 1. The van der Waals surface area contributed by atoms with Gasteiger partial charge in [0, 0.05) is 11.9 Å². The summed E-state index contributed by atoms with van der Waals surface area (Å²) in [5, 5.41) is 13.9. The highest BCUT2D eigenvalue weighted by molar-refractivity contribution is 5.67. The van der Waals surface area contributed by atoms with E-state index in [1.54, 1.807) is 6.07 Å². The fourth-order valence-corrected chi connectivity index (χ4v) is 2.46. The first kappa shape index (κ1) is 17.4. The summed E-state index contributed by atoms with van der Waals surface area (Å²) in [5.74, 6) is -0.338. The van der Waals surface area contributed by atoms with Crippen molar-refractivity contribution in [2.24, 2.45) is 0 Å². The molecule has 3 rings (SSSR count). The standard InChI is InChI=1S/C16H11F3N4O3/c17-16(18,19)9-10-4-3-5-11(8-10)20-14-13(23(25)26)15(24)22-7-2-1-6-12(22)21-14/h1-8,20H,9H2. The van der Waals surface area contributed by atoms with Gasteiger partial charge >= 0.3 is 17.4 Å².